The van der Waals surface area contributed by atoms with E-state index < -0.39 is 0 Å². The normalized spacial score (nSPS) is 13.0. The van der Waals surface area contributed by atoms with Gasteiger partial charge in [0.05, 0.1) is 5.41 Å². The molecular formula is C58H35N3S. The molecule has 0 atom stereocenters. The Morgan fingerprint density at radius 2 is 0.710 bits per heavy atom. The zero-order chi connectivity index (χ0) is 40.8. The Labute approximate surface area is 363 Å². The van der Waals surface area contributed by atoms with Crippen LogP contribution in [0.25, 0.3) is 98.8 Å². The number of hydrogen-bond donors (Lipinski definition) is 0. The molecule has 1 spiro atoms. The molecule has 4 heteroatoms. The molecule has 62 heavy (non-hydrogen) atoms. The third kappa shape index (κ3) is 5.20. The highest BCUT2D eigenvalue weighted by Crippen LogP contribution is 2.63. The summed E-state index contributed by atoms with van der Waals surface area (Å²) in [6.45, 7) is 0. The molecule has 0 saturated carbocycles. The van der Waals surface area contributed by atoms with Crippen LogP contribution in [0.5, 0.6) is 0 Å². The maximum atomic E-state index is 5.21. The van der Waals surface area contributed by atoms with E-state index >= 15 is 0 Å². The van der Waals surface area contributed by atoms with Crippen LogP contribution in [0.3, 0.4) is 0 Å². The molecule has 0 N–H and O–H groups in total. The van der Waals surface area contributed by atoms with Gasteiger partial charge in [0.2, 0.25) is 0 Å². The van der Waals surface area contributed by atoms with Crippen LogP contribution in [0, 0.1) is 0 Å². The van der Waals surface area contributed by atoms with Crippen LogP contribution in [0.4, 0.5) is 0 Å². The lowest BCUT2D eigenvalue weighted by molar-refractivity contribution is 0.794. The molecule has 9 aromatic carbocycles. The summed E-state index contributed by atoms with van der Waals surface area (Å²) in [5.41, 5.74) is 17.6. The summed E-state index contributed by atoms with van der Waals surface area (Å²) in [6, 6.07) is 76.8. The van der Waals surface area contributed by atoms with Crippen molar-refractivity contribution in [2.75, 3.05) is 0 Å². The number of hydrogen-bond acceptors (Lipinski definition) is 4. The molecule has 2 aliphatic rings. The summed E-state index contributed by atoms with van der Waals surface area (Å²) < 4.78 is 2.60. The molecule has 13 rings (SSSR count). The monoisotopic (exact) mass is 805 g/mol. The minimum atomic E-state index is -0.364. The maximum Gasteiger partial charge on any atom is 0.164 e. The van der Waals surface area contributed by atoms with Crippen molar-refractivity contribution in [2.24, 2.45) is 0 Å². The first-order valence-corrected chi connectivity index (χ1v) is 21.9. The lowest BCUT2D eigenvalue weighted by Gasteiger charge is -2.30. The fourth-order valence-corrected chi connectivity index (χ4v) is 11.3. The number of fused-ring (bicyclic) bond motifs is 13. The molecular weight excluding hydrogens is 771 g/mol. The molecule has 0 bridgehead atoms. The lowest BCUT2D eigenvalue weighted by atomic mass is 9.70. The number of rotatable bonds is 5. The van der Waals surface area contributed by atoms with Crippen LogP contribution in [-0.4, -0.2) is 15.0 Å². The predicted octanol–water partition coefficient (Wildman–Crippen LogP) is 14.9. The number of thiophene rings is 1. The topological polar surface area (TPSA) is 38.7 Å². The van der Waals surface area contributed by atoms with Gasteiger partial charge in [0.25, 0.3) is 0 Å². The van der Waals surface area contributed by atoms with Gasteiger partial charge in [0, 0.05) is 36.9 Å². The van der Waals surface area contributed by atoms with Crippen LogP contribution in [0.15, 0.2) is 212 Å². The van der Waals surface area contributed by atoms with Crippen LogP contribution in [0.2, 0.25) is 0 Å². The summed E-state index contributed by atoms with van der Waals surface area (Å²) in [5.74, 6) is 1.92. The van der Waals surface area contributed by atoms with Gasteiger partial charge in [0.1, 0.15) is 0 Å². The molecule has 2 heterocycles. The summed E-state index contributed by atoms with van der Waals surface area (Å²) in [7, 11) is 0. The van der Waals surface area contributed by atoms with Gasteiger partial charge in [-0.2, -0.15) is 0 Å². The molecule has 2 aliphatic carbocycles. The molecule has 3 nitrogen and oxygen atoms in total. The Hall–Kier alpha value is -7.79. The van der Waals surface area contributed by atoms with E-state index in [0.717, 1.165) is 38.9 Å². The Morgan fingerprint density at radius 1 is 0.274 bits per heavy atom. The molecule has 11 aromatic rings. The van der Waals surface area contributed by atoms with E-state index in [0.29, 0.717) is 17.5 Å². The zero-order valence-electron chi connectivity index (χ0n) is 33.5. The molecule has 0 saturated heterocycles. The first-order chi connectivity index (χ1) is 30.7. The maximum absolute atomic E-state index is 5.21. The lowest BCUT2D eigenvalue weighted by Crippen LogP contribution is -2.25. The van der Waals surface area contributed by atoms with Crippen molar-refractivity contribution in [2.45, 2.75) is 5.41 Å². The fourth-order valence-electron chi connectivity index (χ4n) is 10.2. The van der Waals surface area contributed by atoms with Crippen LogP contribution in [0.1, 0.15) is 22.3 Å². The first-order valence-electron chi connectivity index (χ1n) is 21.1. The third-order valence-corrected chi connectivity index (χ3v) is 14.1. The highest BCUT2D eigenvalue weighted by molar-refractivity contribution is 7.25. The molecule has 0 unspecified atom stereocenters. The number of nitrogens with zero attached hydrogens (tertiary/aromatic N) is 3. The van der Waals surface area contributed by atoms with Crippen molar-refractivity contribution < 1.29 is 0 Å². The van der Waals surface area contributed by atoms with Crippen molar-refractivity contribution in [1.29, 1.82) is 0 Å². The van der Waals surface area contributed by atoms with Gasteiger partial charge in [-0.1, -0.05) is 176 Å². The summed E-state index contributed by atoms with van der Waals surface area (Å²) in [6.07, 6.45) is 0. The second-order valence-electron chi connectivity index (χ2n) is 16.3. The molecule has 0 fully saturated rings. The van der Waals surface area contributed by atoms with E-state index in [4.69, 9.17) is 15.0 Å². The van der Waals surface area contributed by atoms with E-state index in [-0.39, 0.29) is 5.41 Å². The van der Waals surface area contributed by atoms with Crippen molar-refractivity contribution >= 4 is 31.5 Å². The first kappa shape index (κ1) is 35.0. The molecule has 0 radical (unpaired) electrons. The summed E-state index contributed by atoms with van der Waals surface area (Å²) >= 11 is 1.84. The van der Waals surface area contributed by atoms with Crippen LogP contribution in [-0.2, 0) is 5.41 Å². The SMILES string of the molecule is c1ccc(-c2nc(-c3cccc(-c4ccc5c(c4)-c4ccccc4C54c5ccccc5-c5ccccc54)c3)nc(-c3cccc(-c4ccc5sc6ccccc6c5c4)c3)n2)cc1. The van der Waals surface area contributed by atoms with Gasteiger partial charge in [-0.3, -0.25) is 0 Å². The van der Waals surface area contributed by atoms with Crippen molar-refractivity contribution in [1.82, 2.24) is 15.0 Å². The van der Waals surface area contributed by atoms with E-state index in [2.05, 4.69) is 194 Å². The van der Waals surface area contributed by atoms with Crippen LogP contribution >= 0.6 is 11.3 Å². The average Bonchev–Trinajstić information content (AvgIpc) is 3.98. The van der Waals surface area contributed by atoms with Gasteiger partial charge in [-0.05, 0) is 103 Å². The highest BCUT2D eigenvalue weighted by Gasteiger charge is 2.51. The highest BCUT2D eigenvalue weighted by atomic mass is 32.1. The Bertz CT molecular complexity index is 3560. The molecule has 288 valence electrons. The number of benzene rings is 9. The fraction of sp³-hybridized carbons (Fsp3) is 0.0172. The molecule has 2 aromatic heterocycles. The number of aromatic nitrogens is 3. The third-order valence-electron chi connectivity index (χ3n) is 12.9. The van der Waals surface area contributed by atoms with Crippen molar-refractivity contribution in [3.8, 4) is 78.7 Å². The molecule has 0 amide bonds. The van der Waals surface area contributed by atoms with E-state index in [1.54, 1.807) is 0 Å². The largest absolute Gasteiger partial charge is 0.208 e. The summed E-state index contributed by atoms with van der Waals surface area (Å²) in [4.78, 5) is 15.4. The Kier molecular flexibility index (Phi) is 7.69. The smallest absolute Gasteiger partial charge is 0.164 e. The predicted molar refractivity (Wildman–Crippen MR) is 256 cm³/mol. The quantitative estimate of drug-likeness (QED) is 0.174. The second kappa shape index (κ2) is 13.6. The Morgan fingerprint density at radius 3 is 1.35 bits per heavy atom. The average molecular weight is 806 g/mol. The van der Waals surface area contributed by atoms with Gasteiger partial charge in [-0.25, -0.2) is 15.0 Å². The Balaban J connectivity index is 0.924. The van der Waals surface area contributed by atoms with Crippen molar-refractivity contribution in [3.63, 3.8) is 0 Å². The van der Waals surface area contributed by atoms with Crippen molar-refractivity contribution in [3.05, 3.63) is 235 Å². The van der Waals surface area contributed by atoms with E-state index in [9.17, 15) is 0 Å². The van der Waals surface area contributed by atoms with Gasteiger partial charge < -0.3 is 0 Å². The van der Waals surface area contributed by atoms with Gasteiger partial charge >= 0.3 is 0 Å². The van der Waals surface area contributed by atoms with Gasteiger partial charge in [0.15, 0.2) is 17.5 Å². The minimum absolute atomic E-state index is 0.364. The zero-order valence-corrected chi connectivity index (χ0v) is 34.3. The molecule has 0 aliphatic heterocycles. The second-order valence-corrected chi connectivity index (χ2v) is 17.4. The van der Waals surface area contributed by atoms with E-state index in [1.807, 2.05) is 29.5 Å². The minimum Gasteiger partial charge on any atom is -0.208 e. The van der Waals surface area contributed by atoms with Crippen LogP contribution < -0.4 is 0 Å². The van der Waals surface area contributed by atoms with Gasteiger partial charge in [-0.15, -0.1) is 11.3 Å². The van der Waals surface area contributed by atoms with E-state index in [1.165, 1.54) is 64.7 Å². The standard InChI is InChI=1S/C58H35N3S/c1-2-14-36(15-3-1)55-59-56(61-57(60-55)42-19-13-17-38(33-42)40-29-31-54-48(35-40)46-23-7-11-27-53(46)62-54)41-18-12-16-37(32-41)39-28-30-52-47(34-39)45-22-6-10-26-51(45)58(52)49-24-8-4-20-43(49)44-21-5-9-25-50(44)58/h1-35H. The summed E-state index contributed by atoms with van der Waals surface area (Å²) in [5, 5.41) is 2.57.